The molecular formula is C17H26N4S. The summed E-state index contributed by atoms with van der Waals surface area (Å²) in [4.78, 5) is 15.6. The molecule has 0 amide bonds. The Morgan fingerprint density at radius 1 is 1.00 bits per heavy atom. The molecule has 2 heterocycles. The molecule has 2 rings (SSSR count). The molecule has 2 aromatic rings. The monoisotopic (exact) mass is 318 g/mol. The van der Waals surface area contributed by atoms with Crippen LogP contribution in [0.25, 0.3) is 0 Å². The van der Waals surface area contributed by atoms with Crippen molar-refractivity contribution in [2.75, 3.05) is 18.0 Å². The standard InChI is InChI=1S/C17H26N4S/c1-3-4-5-6-7-9-21(10-8-16-13-22-14-20-16)17-18-11-15(2)12-19-17/h11-14H,3-10H2,1-2H3. The molecule has 0 saturated carbocycles. The van der Waals surface area contributed by atoms with E-state index in [-0.39, 0.29) is 0 Å². The minimum Gasteiger partial charge on any atom is -0.340 e. The van der Waals surface area contributed by atoms with Crippen molar-refractivity contribution in [3.63, 3.8) is 0 Å². The van der Waals surface area contributed by atoms with Crippen molar-refractivity contribution >= 4 is 17.3 Å². The molecule has 0 spiro atoms. The van der Waals surface area contributed by atoms with Gasteiger partial charge in [-0.25, -0.2) is 15.0 Å². The number of nitrogens with zero attached hydrogens (tertiary/aromatic N) is 4. The molecule has 0 bridgehead atoms. The van der Waals surface area contributed by atoms with Gasteiger partial charge in [0.1, 0.15) is 0 Å². The van der Waals surface area contributed by atoms with Crippen LogP contribution in [0.1, 0.15) is 50.3 Å². The number of aromatic nitrogens is 3. The second kappa shape index (κ2) is 9.51. The van der Waals surface area contributed by atoms with E-state index in [1.54, 1.807) is 11.3 Å². The van der Waals surface area contributed by atoms with E-state index < -0.39 is 0 Å². The van der Waals surface area contributed by atoms with Gasteiger partial charge in [-0.2, -0.15) is 0 Å². The molecule has 5 heteroatoms. The molecule has 0 radical (unpaired) electrons. The van der Waals surface area contributed by atoms with Gasteiger partial charge in [0, 0.05) is 37.3 Å². The largest absolute Gasteiger partial charge is 0.340 e. The van der Waals surface area contributed by atoms with E-state index in [0.717, 1.165) is 36.7 Å². The van der Waals surface area contributed by atoms with Gasteiger partial charge in [0.25, 0.3) is 0 Å². The number of unbranched alkanes of at least 4 members (excludes halogenated alkanes) is 4. The Kier molecular flexibility index (Phi) is 7.30. The van der Waals surface area contributed by atoms with Crippen LogP contribution in [0.5, 0.6) is 0 Å². The number of anilines is 1. The SMILES string of the molecule is CCCCCCCN(CCc1cscn1)c1ncc(C)cn1. The highest BCUT2D eigenvalue weighted by atomic mass is 32.1. The van der Waals surface area contributed by atoms with Crippen LogP contribution in [-0.4, -0.2) is 28.0 Å². The second-order valence-electron chi connectivity index (χ2n) is 5.69. The third-order valence-corrected chi connectivity index (χ3v) is 4.34. The van der Waals surface area contributed by atoms with Crippen molar-refractivity contribution in [3.8, 4) is 0 Å². The molecule has 0 saturated heterocycles. The summed E-state index contributed by atoms with van der Waals surface area (Å²) in [5.41, 5.74) is 4.16. The zero-order valence-electron chi connectivity index (χ0n) is 13.7. The Labute approximate surface area is 137 Å². The smallest absolute Gasteiger partial charge is 0.225 e. The van der Waals surface area contributed by atoms with Gasteiger partial charge < -0.3 is 4.90 Å². The van der Waals surface area contributed by atoms with Gasteiger partial charge in [0.15, 0.2) is 0 Å². The number of thiazole rings is 1. The first-order valence-corrected chi connectivity index (χ1v) is 9.14. The predicted molar refractivity (Wildman–Crippen MR) is 93.6 cm³/mol. The van der Waals surface area contributed by atoms with E-state index in [4.69, 9.17) is 0 Å². The molecule has 0 aliphatic heterocycles. The summed E-state index contributed by atoms with van der Waals surface area (Å²) in [5, 5.41) is 2.12. The molecule has 0 aliphatic rings. The lowest BCUT2D eigenvalue weighted by molar-refractivity contribution is 0.611. The van der Waals surface area contributed by atoms with Crippen molar-refractivity contribution < 1.29 is 0 Å². The maximum atomic E-state index is 4.49. The third-order valence-electron chi connectivity index (χ3n) is 3.70. The molecule has 120 valence electrons. The van der Waals surface area contributed by atoms with E-state index in [9.17, 15) is 0 Å². The van der Waals surface area contributed by atoms with Crippen LogP contribution in [-0.2, 0) is 6.42 Å². The highest BCUT2D eigenvalue weighted by Crippen LogP contribution is 2.12. The summed E-state index contributed by atoms with van der Waals surface area (Å²) < 4.78 is 0. The highest BCUT2D eigenvalue weighted by molar-refractivity contribution is 7.07. The van der Waals surface area contributed by atoms with Gasteiger partial charge in [0.2, 0.25) is 5.95 Å². The van der Waals surface area contributed by atoms with E-state index in [0.29, 0.717) is 0 Å². The van der Waals surface area contributed by atoms with Crippen LogP contribution >= 0.6 is 11.3 Å². The molecule has 0 N–H and O–H groups in total. The molecule has 0 fully saturated rings. The summed E-state index contributed by atoms with van der Waals surface area (Å²) in [5.74, 6) is 0.844. The fraction of sp³-hybridized carbons (Fsp3) is 0.588. The molecular weight excluding hydrogens is 292 g/mol. The first-order chi connectivity index (χ1) is 10.8. The predicted octanol–water partition coefficient (Wildman–Crippen LogP) is 4.26. The minimum atomic E-state index is 0.844. The molecule has 0 unspecified atom stereocenters. The van der Waals surface area contributed by atoms with Crippen LogP contribution in [0.4, 0.5) is 5.95 Å². The quantitative estimate of drug-likeness (QED) is 0.614. The minimum absolute atomic E-state index is 0.844. The molecule has 4 nitrogen and oxygen atoms in total. The number of aryl methyl sites for hydroxylation is 1. The van der Waals surface area contributed by atoms with Crippen LogP contribution in [0.15, 0.2) is 23.3 Å². The van der Waals surface area contributed by atoms with Gasteiger partial charge in [-0.15, -0.1) is 11.3 Å². The summed E-state index contributed by atoms with van der Waals surface area (Å²) >= 11 is 1.66. The maximum absolute atomic E-state index is 4.49. The Balaban J connectivity index is 1.89. The molecule has 0 aliphatic carbocycles. The van der Waals surface area contributed by atoms with Crippen molar-refractivity contribution in [3.05, 3.63) is 34.5 Å². The van der Waals surface area contributed by atoms with Gasteiger partial charge >= 0.3 is 0 Å². The summed E-state index contributed by atoms with van der Waals surface area (Å²) in [6.45, 7) is 6.23. The van der Waals surface area contributed by atoms with Gasteiger partial charge in [-0.3, -0.25) is 0 Å². The van der Waals surface area contributed by atoms with E-state index in [1.165, 1.54) is 32.1 Å². The second-order valence-corrected chi connectivity index (χ2v) is 6.41. The molecule has 0 atom stereocenters. The molecule has 22 heavy (non-hydrogen) atoms. The zero-order chi connectivity index (χ0) is 15.6. The topological polar surface area (TPSA) is 41.9 Å². The lowest BCUT2D eigenvalue weighted by Crippen LogP contribution is -2.29. The maximum Gasteiger partial charge on any atom is 0.225 e. The van der Waals surface area contributed by atoms with Crippen molar-refractivity contribution in [1.82, 2.24) is 15.0 Å². The molecule has 0 aromatic carbocycles. The number of rotatable bonds is 10. The van der Waals surface area contributed by atoms with Crippen LogP contribution in [0.3, 0.4) is 0 Å². The van der Waals surface area contributed by atoms with Crippen LogP contribution in [0.2, 0.25) is 0 Å². The number of hydrogen-bond acceptors (Lipinski definition) is 5. The first kappa shape index (κ1) is 16.9. The summed E-state index contributed by atoms with van der Waals surface area (Å²) in [6.07, 6.45) is 11.2. The van der Waals surface area contributed by atoms with Gasteiger partial charge in [-0.05, 0) is 18.9 Å². The number of hydrogen-bond donors (Lipinski definition) is 0. The zero-order valence-corrected chi connectivity index (χ0v) is 14.5. The van der Waals surface area contributed by atoms with Crippen LogP contribution in [0, 0.1) is 6.92 Å². The van der Waals surface area contributed by atoms with Crippen molar-refractivity contribution in [2.45, 2.75) is 52.4 Å². The Morgan fingerprint density at radius 2 is 1.77 bits per heavy atom. The third kappa shape index (κ3) is 5.72. The van der Waals surface area contributed by atoms with E-state index in [1.807, 2.05) is 24.8 Å². The van der Waals surface area contributed by atoms with Gasteiger partial charge in [-0.1, -0.05) is 32.6 Å². The average molecular weight is 318 g/mol. The fourth-order valence-corrected chi connectivity index (χ4v) is 2.97. The molecule has 2 aromatic heterocycles. The Morgan fingerprint density at radius 3 is 2.45 bits per heavy atom. The Hall–Kier alpha value is -1.49. The highest BCUT2D eigenvalue weighted by Gasteiger charge is 2.10. The van der Waals surface area contributed by atoms with E-state index >= 15 is 0 Å². The van der Waals surface area contributed by atoms with E-state index in [2.05, 4.69) is 32.2 Å². The van der Waals surface area contributed by atoms with Crippen molar-refractivity contribution in [1.29, 1.82) is 0 Å². The van der Waals surface area contributed by atoms with Gasteiger partial charge in [0.05, 0.1) is 11.2 Å². The first-order valence-electron chi connectivity index (χ1n) is 8.20. The summed E-state index contributed by atoms with van der Waals surface area (Å²) in [7, 11) is 0. The normalized spacial score (nSPS) is 10.8. The van der Waals surface area contributed by atoms with Crippen molar-refractivity contribution in [2.24, 2.45) is 0 Å². The summed E-state index contributed by atoms with van der Waals surface area (Å²) in [6, 6.07) is 0. The Bertz CT molecular complexity index is 510. The average Bonchev–Trinajstić information content (AvgIpc) is 3.04. The lowest BCUT2D eigenvalue weighted by Gasteiger charge is -2.22. The lowest BCUT2D eigenvalue weighted by atomic mass is 10.1. The fourth-order valence-electron chi connectivity index (χ4n) is 2.38. The van der Waals surface area contributed by atoms with Crippen LogP contribution < -0.4 is 4.90 Å².